The minimum absolute atomic E-state index is 0.667. The van der Waals surface area contributed by atoms with Crippen LogP contribution in [-0.4, -0.2) is 32.5 Å². The summed E-state index contributed by atoms with van der Waals surface area (Å²) in [6.07, 6.45) is 1.84. The number of nitrogens with zero attached hydrogens (tertiary/aromatic N) is 4. The van der Waals surface area contributed by atoms with E-state index < -0.39 is 0 Å². The highest BCUT2D eigenvalue weighted by atomic mass is 35.5. The first-order valence-electron chi connectivity index (χ1n) is 6.88. The molecule has 0 amide bonds. The normalized spacial score (nSPS) is 11.3. The van der Waals surface area contributed by atoms with Crippen LogP contribution in [0.15, 0.2) is 35.1 Å². The van der Waals surface area contributed by atoms with E-state index in [1.165, 1.54) is 0 Å². The van der Waals surface area contributed by atoms with Gasteiger partial charge in [-0.2, -0.15) is 5.10 Å². The van der Waals surface area contributed by atoms with Gasteiger partial charge in [-0.05, 0) is 31.7 Å². The number of hydrogen-bond acceptors (Lipinski definition) is 5. The van der Waals surface area contributed by atoms with E-state index >= 15 is 0 Å². The molecule has 0 radical (unpaired) electrons. The van der Waals surface area contributed by atoms with Crippen LogP contribution >= 0.6 is 11.6 Å². The quantitative estimate of drug-likeness (QED) is 0.783. The molecule has 22 heavy (non-hydrogen) atoms. The molecule has 0 aliphatic rings. The minimum Gasteiger partial charge on any atom is -0.296 e. The minimum atomic E-state index is 0.667. The molecule has 0 saturated heterocycles. The molecule has 2 heterocycles. The fourth-order valence-electron chi connectivity index (χ4n) is 2.29. The lowest BCUT2D eigenvalue weighted by atomic mass is 10.1. The summed E-state index contributed by atoms with van der Waals surface area (Å²) in [7, 11) is 2.02. The number of aromatic nitrogens is 4. The first kappa shape index (κ1) is 14.7. The summed E-state index contributed by atoms with van der Waals surface area (Å²) in [5, 5.41) is 15.6. The van der Waals surface area contributed by atoms with Gasteiger partial charge in [-0.3, -0.25) is 10.00 Å². The highest BCUT2D eigenvalue weighted by molar-refractivity contribution is 6.30. The Bertz CT molecular complexity index is 749. The Hall–Kier alpha value is -2.18. The van der Waals surface area contributed by atoms with Crippen LogP contribution in [-0.2, 0) is 13.1 Å². The number of hydrogen-bond donors (Lipinski definition) is 1. The monoisotopic (exact) mass is 317 g/mol. The molecule has 0 aliphatic carbocycles. The summed E-state index contributed by atoms with van der Waals surface area (Å²) >= 11 is 5.94. The van der Waals surface area contributed by atoms with Crippen molar-refractivity contribution in [2.45, 2.75) is 20.0 Å². The van der Waals surface area contributed by atoms with E-state index in [0.29, 0.717) is 6.54 Å². The van der Waals surface area contributed by atoms with Crippen molar-refractivity contribution in [3.05, 3.63) is 52.4 Å². The van der Waals surface area contributed by atoms with E-state index in [1.54, 1.807) is 0 Å². The van der Waals surface area contributed by atoms with Crippen LogP contribution in [0.5, 0.6) is 0 Å². The number of benzene rings is 1. The Kier molecular flexibility index (Phi) is 4.22. The Morgan fingerprint density at radius 1 is 1.18 bits per heavy atom. The molecule has 114 valence electrons. The topological polar surface area (TPSA) is 70.8 Å². The van der Waals surface area contributed by atoms with Crippen molar-refractivity contribution in [3.8, 4) is 11.3 Å². The van der Waals surface area contributed by atoms with E-state index in [1.807, 2.05) is 44.4 Å². The van der Waals surface area contributed by atoms with Crippen LogP contribution in [0.1, 0.15) is 17.0 Å². The second kappa shape index (κ2) is 6.29. The van der Waals surface area contributed by atoms with Crippen LogP contribution in [0, 0.1) is 6.92 Å². The zero-order chi connectivity index (χ0) is 15.5. The lowest BCUT2D eigenvalue weighted by Gasteiger charge is -2.15. The Labute approximate surface area is 133 Å². The zero-order valence-electron chi connectivity index (χ0n) is 12.4. The third-order valence-corrected chi connectivity index (χ3v) is 3.71. The first-order chi connectivity index (χ1) is 10.6. The molecule has 1 N–H and O–H groups in total. The maximum Gasteiger partial charge on any atom is 0.122 e. The highest BCUT2D eigenvalue weighted by Crippen LogP contribution is 2.24. The fourth-order valence-corrected chi connectivity index (χ4v) is 2.42. The zero-order valence-corrected chi connectivity index (χ0v) is 13.1. The van der Waals surface area contributed by atoms with Gasteiger partial charge < -0.3 is 0 Å². The van der Waals surface area contributed by atoms with Gasteiger partial charge in [0.15, 0.2) is 0 Å². The van der Waals surface area contributed by atoms with Gasteiger partial charge >= 0.3 is 0 Å². The lowest BCUT2D eigenvalue weighted by Crippen LogP contribution is -2.18. The van der Waals surface area contributed by atoms with Crippen molar-refractivity contribution in [2.75, 3.05) is 7.05 Å². The Balaban J connectivity index is 1.75. The number of rotatable bonds is 5. The fraction of sp³-hybridized carbons (Fsp3) is 0.267. The molecule has 0 bridgehead atoms. The van der Waals surface area contributed by atoms with Crippen LogP contribution in [0.4, 0.5) is 0 Å². The highest BCUT2D eigenvalue weighted by Gasteiger charge is 2.13. The summed E-state index contributed by atoms with van der Waals surface area (Å²) in [6.45, 7) is 3.29. The summed E-state index contributed by atoms with van der Waals surface area (Å²) < 4.78 is 4.73. The van der Waals surface area contributed by atoms with Crippen LogP contribution in [0.3, 0.4) is 0 Å². The summed E-state index contributed by atoms with van der Waals surface area (Å²) in [6, 6.07) is 7.70. The average Bonchev–Trinajstić information content (AvgIpc) is 3.10. The molecule has 0 unspecified atom stereocenters. The predicted molar refractivity (Wildman–Crippen MR) is 83.2 cm³/mol. The molecule has 2 aromatic heterocycles. The molecule has 6 nitrogen and oxygen atoms in total. The number of aryl methyl sites for hydroxylation is 1. The summed E-state index contributed by atoms with van der Waals surface area (Å²) in [4.78, 5) is 2.14. The molecule has 7 heteroatoms. The van der Waals surface area contributed by atoms with Crippen molar-refractivity contribution in [3.63, 3.8) is 0 Å². The van der Waals surface area contributed by atoms with E-state index in [-0.39, 0.29) is 0 Å². The van der Waals surface area contributed by atoms with Gasteiger partial charge in [-0.15, -0.1) is 0 Å². The SMILES string of the molecule is Cc1nonc1CN(C)Cc1cn[nH]c1-c1ccc(Cl)cc1. The van der Waals surface area contributed by atoms with Gasteiger partial charge in [-0.25, -0.2) is 4.63 Å². The van der Waals surface area contributed by atoms with E-state index in [0.717, 1.165) is 39.8 Å². The van der Waals surface area contributed by atoms with Crippen molar-refractivity contribution < 1.29 is 4.63 Å². The third kappa shape index (κ3) is 3.18. The molecule has 3 aromatic rings. The van der Waals surface area contributed by atoms with Gasteiger partial charge in [0.1, 0.15) is 11.4 Å². The van der Waals surface area contributed by atoms with Gasteiger partial charge in [0, 0.05) is 23.7 Å². The molecule has 0 fully saturated rings. The van der Waals surface area contributed by atoms with Gasteiger partial charge in [0.2, 0.25) is 0 Å². The average molecular weight is 318 g/mol. The number of halogens is 1. The van der Waals surface area contributed by atoms with Gasteiger partial charge in [-0.1, -0.05) is 34.0 Å². The maximum absolute atomic E-state index is 5.94. The smallest absolute Gasteiger partial charge is 0.122 e. The summed E-state index contributed by atoms with van der Waals surface area (Å²) in [5.74, 6) is 0. The lowest BCUT2D eigenvalue weighted by molar-refractivity contribution is 0.279. The Morgan fingerprint density at radius 2 is 1.95 bits per heavy atom. The second-order valence-electron chi connectivity index (χ2n) is 5.25. The predicted octanol–water partition coefficient (Wildman–Crippen LogP) is 3.05. The number of H-pyrrole nitrogens is 1. The number of nitrogens with one attached hydrogen (secondary N) is 1. The standard InChI is InChI=1S/C15H16ClN5O/c1-10-14(20-22-19-10)9-21(2)8-12-7-17-18-15(12)11-3-5-13(16)6-4-11/h3-7H,8-9H2,1-2H3,(H,17,18). The van der Waals surface area contributed by atoms with Crippen molar-refractivity contribution >= 4 is 11.6 Å². The van der Waals surface area contributed by atoms with Crippen molar-refractivity contribution in [1.82, 2.24) is 25.4 Å². The van der Waals surface area contributed by atoms with Gasteiger partial charge in [0.25, 0.3) is 0 Å². The molecule has 0 aliphatic heterocycles. The molecule has 3 rings (SSSR count). The number of aromatic amines is 1. The summed E-state index contributed by atoms with van der Waals surface area (Å²) in [5.41, 5.74) is 4.83. The molecular formula is C15H16ClN5O. The van der Waals surface area contributed by atoms with Crippen LogP contribution < -0.4 is 0 Å². The van der Waals surface area contributed by atoms with Crippen molar-refractivity contribution in [1.29, 1.82) is 0 Å². The molecular weight excluding hydrogens is 302 g/mol. The third-order valence-electron chi connectivity index (χ3n) is 3.46. The van der Waals surface area contributed by atoms with E-state index in [9.17, 15) is 0 Å². The second-order valence-corrected chi connectivity index (χ2v) is 5.68. The first-order valence-corrected chi connectivity index (χ1v) is 7.26. The van der Waals surface area contributed by atoms with E-state index in [2.05, 4.69) is 25.4 Å². The molecule has 0 saturated carbocycles. The van der Waals surface area contributed by atoms with Crippen LogP contribution in [0.25, 0.3) is 11.3 Å². The van der Waals surface area contributed by atoms with Crippen LogP contribution in [0.2, 0.25) is 5.02 Å². The van der Waals surface area contributed by atoms with Gasteiger partial charge in [0.05, 0.1) is 11.9 Å². The largest absolute Gasteiger partial charge is 0.296 e. The molecule has 0 spiro atoms. The maximum atomic E-state index is 5.94. The molecule has 0 atom stereocenters. The van der Waals surface area contributed by atoms with Crippen molar-refractivity contribution in [2.24, 2.45) is 0 Å². The molecule has 1 aromatic carbocycles. The van der Waals surface area contributed by atoms with E-state index in [4.69, 9.17) is 16.2 Å². The Morgan fingerprint density at radius 3 is 2.64 bits per heavy atom.